The van der Waals surface area contributed by atoms with Crippen LogP contribution in [0, 0.1) is 17.8 Å². The van der Waals surface area contributed by atoms with Crippen molar-refractivity contribution in [1.82, 2.24) is 55.6 Å². The van der Waals surface area contributed by atoms with Crippen molar-refractivity contribution in [3.8, 4) is 0 Å². The first-order valence-corrected chi connectivity index (χ1v) is 30.2. The van der Waals surface area contributed by atoms with E-state index >= 15 is 0 Å². The highest BCUT2D eigenvalue weighted by molar-refractivity contribution is 5.96. The van der Waals surface area contributed by atoms with Crippen molar-refractivity contribution >= 4 is 65.0 Å². The summed E-state index contributed by atoms with van der Waals surface area (Å²) in [5, 5.41) is 22.0. The molecule has 23 nitrogen and oxygen atoms in total. The Bertz CT molecular complexity index is 2380. The van der Waals surface area contributed by atoms with Gasteiger partial charge in [-0.25, -0.2) is 0 Å². The predicted molar refractivity (Wildman–Crippen MR) is 319 cm³/mol. The maximum Gasteiger partial charge on any atom is 0.245 e. The molecule has 0 aliphatic carbocycles. The number of nitrogens with one attached hydrogen (secondary N) is 4. The van der Waals surface area contributed by atoms with E-state index in [0.29, 0.717) is 37.9 Å². The fourth-order valence-corrected chi connectivity index (χ4v) is 10.4. The summed E-state index contributed by atoms with van der Waals surface area (Å²) >= 11 is 0. The quantitative estimate of drug-likeness (QED) is 0.238. The van der Waals surface area contributed by atoms with E-state index in [-0.39, 0.29) is 88.7 Å². The number of amides is 11. The van der Waals surface area contributed by atoms with Crippen LogP contribution in [-0.2, 0) is 59.2 Å². The van der Waals surface area contributed by atoms with E-state index in [1.54, 1.807) is 64.0 Å². The summed E-state index contributed by atoms with van der Waals surface area (Å²) in [4.78, 5) is 164. The van der Waals surface area contributed by atoms with Crippen LogP contribution >= 0.6 is 0 Å². The van der Waals surface area contributed by atoms with Gasteiger partial charge in [0.1, 0.15) is 30.2 Å². The van der Waals surface area contributed by atoms with E-state index in [4.69, 9.17) is 0 Å². The van der Waals surface area contributed by atoms with Crippen LogP contribution in [0.4, 0.5) is 0 Å². The molecule has 472 valence electrons. The summed E-state index contributed by atoms with van der Waals surface area (Å²) in [6, 6.07) is 1.68. The molecule has 0 unspecified atom stereocenters. The van der Waals surface area contributed by atoms with Crippen molar-refractivity contribution in [2.45, 2.75) is 194 Å². The van der Waals surface area contributed by atoms with Gasteiger partial charge in [0, 0.05) is 120 Å². The molecule has 0 radical (unpaired) electrons. The van der Waals surface area contributed by atoms with Crippen molar-refractivity contribution in [3.63, 3.8) is 0 Å². The van der Waals surface area contributed by atoms with Gasteiger partial charge >= 0.3 is 0 Å². The number of rotatable bonds is 9. The first-order valence-electron chi connectivity index (χ1n) is 30.2. The van der Waals surface area contributed by atoms with Crippen LogP contribution in [0.15, 0.2) is 30.3 Å². The zero-order valence-electron chi connectivity index (χ0n) is 52.7. The highest BCUT2D eigenvalue weighted by atomic mass is 16.3. The number of carbonyl (C=O) groups excluding carboxylic acids is 11. The summed E-state index contributed by atoms with van der Waals surface area (Å²) in [6.07, 6.45) is 1.67. The molecule has 2 heterocycles. The van der Waals surface area contributed by atoms with Crippen LogP contribution in [-0.4, -0.2) is 228 Å². The minimum Gasteiger partial charge on any atom is -0.391 e. The van der Waals surface area contributed by atoms with Gasteiger partial charge in [0.25, 0.3) is 0 Å². The fraction of sp³-hybridized carbons (Fsp3) is 0.721. The van der Waals surface area contributed by atoms with Crippen LogP contribution in [0.25, 0.3) is 0 Å². The summed E-state index contributed by atoms with van der Waals surface area (Å²) in [5.74, 6) is -6.17. The predicted octanol–water partition coefficient (Wildman–Crippen LogP) is 2.32. The smallest absolute Gasteiger partial charge is 0.245 e. The van der Waals surface area contributed by atoms with Gasteiger partial charge < -0.3 is 60.7 Å². The van der Waals surface area contributed by atoms with Crippen molar-refractivity contribution in [2.75, 3.05) is 75.0 Å². The van der Waals surface area contributed by atoms with Crippen molar-refractivity contribution in [3.05, 3.63) is 35.9 Å². The molecule has 1 aromatic rings. The zero-order valence-corrected chi connectivity index (χ0v) is 52.7. The van der Waals surface area contributed by atoms with E-state index in [1.807, 2.05) is 33.8 Å². The summed E-state index contributed by atoms with van der Waals surface area (Å²) in [6.45, 7) is 15.2. The molecular weight excluding hydrogens is 1080 g/mol. The molecule has 0 spiro atoms. The average Bonchev–Trinajstić information content (AvgIpc) is 3.30. The maximum absolute atomic E-state index is 14.7. The molecule has 1 aromatic carbocycles. The molecule has 23 heteroatoms. The molecule has 3 rings (SSSR count). The molecule has 2 aliphatic rings. The fourth-order valence-electron chi connectivity index (χ4n) is 10.4. The molecule has 0 bridgehead atoms. The Kier molecular flexibility index (Phi) is 29.8. The lowest BCUT2D eigenvalue weighted by Crippen LogP contribution is -2.59. The van der Waals surface area contributed by atoms with Gasteiger partial charge in [-0.15, -0.1) is 0 Å². The Morgan fingerprint density at radius 1 is 0.583 bits per heavy atom. The van der Waals surface area contributed by atoms with Gasteiger partial charge in [-0.2, -0.15) is 0 Å². The third-order valence-electron chi connectivity index (χ3n) is 16.4. The molecular formula is C61H101N11O12. The Balaban J connectivity index is 2.00. The largest absolute Gasteiger partial charge is 0.391 e. The number of nitrogens with zero attached hydrogens (tertiary/aromatic N) is 7. The number of aliphatic hydroxyl groups is 1. The summed E-state index contributed by atoms with van der Waals surface area (Å²) in [5.41, 5.74) is 0.710. The SMILES string of the molecule is CC[C@H](C)[C@@H]1NC(=O)CCN(C)C(=O)CCCCN(C)C(=O)C[C@@H](C(=O)N2CCCCC2)NC(=O)[C@H](Cc2ccccc2)N(C)C(=O)[C@H](CC(C)C)NC(=O)CCN(C)C(=O)C[C@H]([C@@H](C)O)NC(=O)C[C@H](C)N(C)C(=O)[C@H](C(C)C)N(C)C1=O. The molecule has 2 saturated heterocycles. The van der Waals surface area contributed by atoms with Gasteiger partial charge in [-0.05, 0) is 75.7 Å². The Hall–Kier alpha value is -6.65. The minimum absolute atomic E-state index is 0.0314. The van der Waals surface area contributed by atoms with E-state index < -0.39 is 113 Å². The molecule has 84 heavy (non-hydrogen) atoms. The first-order chi connectivity index (χ1) is 39.5. The number of carbonyl (C=O) groups is 11. The second-order valence-corrected chi connectivity index (χ2v) is 24.1. The van der Waals surface area contributed by atoms with Crippen LogP contribution < -0.4 is 21.3 Å². The monoisotopic (exact) mass is 1180 g/mol. The molecule has 0 aromatic heterocycles. The van der Waals surface area contributed by atoms with E-state index in [1.165, 1.54) is 64.5 Å². The Morgan fingerprint density at radius 3 is 1.71 bits per heavy atom. The van der Waals surface area contributed by atoms with Crippen molar-refractivity contribution in [1.29, 1.82) is 0 Å². The molecule has 9 atom stereocenters. The van der Waals surface area contributed by atoms with Crippen molar-refractivity contribution < 1.29 is 57.8 Å². The van der Waals surface area contributed by atoms with Crippen LogP contribution in [0.5, 0.6) is 0 Å². The molecule has 2 aliphatic heterocycles. The number of likely N-dealkylation sites (tertiary alicyclic amines) is 1. The second-order valence-electron chi connectivity index (χ2n) is 24.1. The Labute approximate surface area is 499 Å². The van der Waals surface area contributed by atoms with Crippen LogP contribution in [0.1, 0.15) is 144 Å². The summed E-state index contributed by atoms with van der Waals surface area (Å²) < 4.78 is 0. The molecule has 5 N–H and O–H groups in total. The third-order valence-corrected chi connectivity index (χ3v) is 16.4. The molecule has 11 amide bonds. The van der Waals surface area contributed by atoms with Crippen LogP contribution in [0.3, 0.4) is 0 Å². The van der Waals surface area contributed by atoms with Gasteiger partial charge in [-0.1, -0.05) is 78.3 Å². The second kappa shape index (κ2) is 35.0. The number of piperidine rings is 1. The van der Waals surface area contributed by atoms with Gasteiger partial charge in [0.2, 0.25) is 65.0 Å². The van der Waals surface area contributed by atoms with E-state index in [9.17, 15) is 57.8 Å². The van der Waals surface area contributed by atoms with Gasteiger partial charge in [0.05, 0.1) is 18.6 Å². The zero-order chi connectivity index (χ0) is 63.1. The topological polar surface area (TPSA) is 279 Å². The number of hydrogen-bond donors (Lipinski definition) is 5. The standard InChI is InChI=1S/C61H101N11O12/c1-15-41(6)55-60(83)71(14)56(40(4)5)61(84)69(12)42(7)35-51(76)62-45(43(8)73)37-53(78)68(11)33-27-49(74)63-46(34-39(2)3)58(81)70(13)48(36-44-24-18-16-19-25-44)57(80)64-47(59(82)72-30-21-17-22-31-72)38-54(79)66(9)29-23-20-26-52(77)67(10)32-28-50(75)65-55/h16,18-19,24-25,39-43,45-48,55-56,73H,15,17,20-23,26-38H2,1-14H3,(H,62,76)(H,63,74)(H,64,80)(H,65,75)/t41-,42-,43+,45+,46-,47-,48-,55-,56-/m0/s1. The molecule has 0 saturated carbocycles. The van der Waals surface area contributed by atoms with E-state index in [2.05, 4.69) is 21.3 Å². The van der Waals surface area contributed by atoms with E-state index in [0.717, 1.165) is 19.3 Å². The summed E-state index contributed by atoms with van der Waals surface area (Å²) in [7, 11) is 9.13. The highest BCUT2D eigenvalue weighted by Crippen LogP contribution is 2.21. The van der Waals surface area contributed by atoms with Gasteiger partial charge in [-0.3, -0.25) is 52.7 Å². The number of hydrogen-bond acceptors (Lipinski definition) is 12. The maximum atomic E-state index is 14.7. The highest BCUT2D eigenvalue weighted by Gasteiger charge is 2.40. The number of aliphatic hydroxyl groups excluding tert-OH is 1. The normalized spacial score (nSPS) is 25.7. The number of benzene rings is 1. The number of likely N-dealkylation sites (N-methyl/N-ethyl adjacent to an activating group) is 3. The molecule has 2 fully saturated rings. The Morgan fingerprint density at radius 2 is 1.14 bits per heavy atom. The lowest BCUT2D eigenvalue weighted by atomic mass is 9.94. The average molecular weight is 1180 g/mol. The van der Waals surface area contributed by atoms with Crippen LogP contribution in [0.2, 0.25) is 0 Å². The van der Waals surface area contributed by atoms with Crippen molar-refractivity contribution in [2.24, 2.45) is 17.8 Å². The first kappa shape index (κ1) is 71.6. The van der Waals surface area contributed by atoms with Gasteiger partial charge in [0.15, 0.2) is 0 Å². The lowest BCUT2D eigenvalue weighted by molar-refractivity contribution is -0.149. The minimum atomic E-state index is -1.28. The lowest BCUT2D eigenvalue weighted by Gasteiger charge is -2.38. The third kappa shape index (κ3) is 22.4.